The number of ether oxygens (including phenoxy) is 1. The van der Waals surface area contributed by atoms with Crippen LogP contribution in [0.1, 0.15) is 23.3 Å². The van der Waals surface area contributed by atoms with E-state index in [-0.39, 0.29) is 18.0 Å². The minimum Gasteiger partial charge on any atom is -0.458 e. The van der Waals surface area contributed by atoms with E-state index in [0.29, 0.717) is 18.8 Å². The molecule has 0 radical (unpaired) electrons. The van der Waals surface area contributed by atoms with Crippen molar-refractivity contribution in [3.05, 3.63) is 60.4 Å². The number of pyridine rings is 1. The van der Waals surface area contributed by atoms with Gasteiger partial charge in [0.15, 0.2) is 5.82 Å². The van der Waals surface area contributed by atoms with Gasteiger partial charge in [-0.1, -0.05) is 24.3 Å². The van der Waals surface area contributed by atoms with Crippen molar-refractivity contribution in [3.63, 3.8) is 0 Å². The van der Waals surface area contributed by atoms with Gasteiger partial charge in [-0.15, -0.1) is 0 Å². The maximum atomic E-state index is 13.0. The van der Waals surface area contributed by atoms with E-state index in [4.69, 9.17) is 4.74 Å². The number of carbonyl (C=O) groups is 1. The predicted octanol–water partition coefficient (Wildman–Crippen LogP) is 2.85. The number of hydrogen-bond donors (Lipinski definition) is 0. The standard InChI is InChI=1S/C19H17FN4O2/c20-14-10-22-19(23-11-14)26-15-5-3-9-24(12-15)18(25)17-16-6-2-1-4-13(16)7-8-21-17/h1-2,4,6-8,10-11,15H,3,5,9,12H2. The van der Waals surface area contributed by atoms with Gasteiger partial charge in [-0.3, -0.25) is 9.78 Å². The SMILES string of the molecule is O=C(c1nccc2ccccc12)N1CCCC(Oc2ncc(F)cn2)C1. The van der Waals surface area contributed by atoms with E-state index < -0.39 is 5.82 Å². The molecule has 4 rings (SSSR count). The van der Waals surface area contributed by atoms with Crippen molar-refractivity contribution >= 4 is 16.7 Å². The van der Waals surface area contributed by atoms with Crippen LogP contribution >= 0.6 is 0 Å². The van der Waals surface area contributed by atoms with Gasteiger partial charge in [-0.2, -0.15) is 0 Å². The van der Waals surface area contributed by atoms with Crippen LogP contribution in [0.2, 0.25) is 0 Å². The Morgan fingerprint density at radius 3 is 2.81 bits per heavy atom. The number of halogens is 1. The van der Waals surface area contributed by atoms with Crippen LogP contribution in [0.5, 0.6) is 6.01 Å². The summed E-state index contributed by atoms with van der Waals surface area (Å²) >= 11 is 0. The lowest BCUT2D eigenvalue weighted by Crippen LogP contribution is -2.44. The van der Waals surface area contributed by atoms with Crippen molar-refractivity contribution in [3.8, 4) is 6.01 Å². The molecule has 0 bridgehead atoms. The molecular weight excluding hydrogens is 335 g/mol. The summed E-state index contributed by atoms with van der Waals surface area (Å²) < 4.78 is 18.6. The van der Waals surface area contributed by atoms with Gasteiger partial charge in [0.25, 0.3) is 5.91 Å². The smallest absolute Gasteiger partial charge is 0.316 e. The lowest BCUT2D eigenvalue weighted by Gasteiger charge is -2.32. The van der Waals surface area contributed by atoms with E-state index in [1.165, 1.54) is 0 Å². The van der Waals surface area contributed by atoms with Gasteiger partial charge in [0, 0.05) is 18.1 Å². The fraction of sp³-hybridized carbons (Fsp3) is 0.263. The number of fused-ring (bicyclic) bond motifs is 1. The minimum absolute atomic E-state index is 0.116. The molecular formula is C19H17FN4O2. The zero-order valence-corrected chi connectivity index (χ0v) is 14.0. The van der Waals surface area contributed by atoms with Gasteiger partial charge in [0.1, 0.15) is 11.8 Å². The highest BCUT2D eigenvalue weighted by Gasteiger charge is 2.27. The Morgan fingerprint density at radius 1 is 1.15 bits per heavy atom. The topological polar surface area (TPSA) is 68.2 Å². The molecule has 1 aromatic carbocycles. The molecule has 3 aromatic rings. The minimum atomic E-state index is -0.514. The first kappa shape index (κ1) is 16.4. The first-order valence-corrected chi connectivity index (χ1v) is 8.48. The fourth-order valence-corrected chi connectivity index (χ4v) is 3.17. The van der Waals surface area contributed by atoms with Crippen molar-refractivity contribution in [1.82, 2.24) is 19.9 Å². The molecule has 0 aliphatic carbocycles. The maximum Gasteiger partial charge on any atom is 0.316 e. The number of amides is 1. The molecule has 0 saturated carbocycles. The fourth-order valence-electron chi connectivity index (χ4n) is 3.17. The molecule has 6 nitrogen and oxygen atoms in total. The Morgan fingerprint density at radius 2 is 1.96 bits per heavy atom. The highest BCUT2D eigenvalue weighted by molar-refractivity contribution is 6.05. The number of rotatable bonds is 3. The van der Waals surface area contributed by atoms with E-state index in [1.807, 2.05) is 30.3 Å². The predicted molar refractivity (Wildman–Crippen MR) is 93.3 cm³/mol. The monoisotopic (exact) mass is 352 g/mol. The first-order chi connectivity index (χ1) is 12.7. The van der Waals surface area contributed by atoms with Crippen LogP contribution in [0.3, 0.4) is 0 Å². The second-order valence-corrected chi connectivity index (χ2v) is 6.20. The average Bonchev–Trinajstić information content (AvgIpc) is 2.69. The summed E-state index contributed by atoms with van der Waals surface area (Å²) in [7, 11) is 0. The summed E-state index contributed by atoms with van der Waals surface area (Å²) in [5.41, 5.74) is 0.446. The zero-order chi connectivity index (χ0) is 17.9. The molecule has 0 N–H and O–H groups in total. The van der Waals surface area contributed by atoms with Crippen LogP contribution < -0.4 is 4.74 Å². The molecule has 1 amide bonds. The Balaban J connectivity index is 1.51. The van der Waals surface area contributed by atoms with Crippen LogP contribution in [0.15, 0.2) is 48.9 Å². The highest BCUT2D eigenvalue weighted by Crippen LogP contribution is 2.21. The summed E-state index contributed by atoms with van der Waals surface area (Å²) in [5, 5.41) is 1.82. The van der Waals surface area contributed by atoms with Crippen LogP contribution in [-0.4, -0.2) is 45.0 Å². The lowest BCUT2D eigenvalue weighted by atomic mass is 10.1. The van der Waals surface area contributed by atoms with Crippen molar-refractivity contribution in [2.45, 2.75) is 18.9 Å². The number of benzene rings is 1. The van der Waals surface area contributed by atoms with Gasteiger partial charge in [-0.05, 0) is 24.3 Å². The van der Waals surface area contributed by atoms with E-state index in [2.05, 4.69) is 15.0 Å². The van der Waals surface area contributed by atoms with E-state index >= 15 is 0 Å². The van der Waals surface area contributed by atoms with Gasteiger partial charge in [0.05, 0.1) is 18.9 Å². The van der Waals surface area contributed by atoms with Crippen molar-refractivity contribution < 1.29 is 13.9 Å². The Bertz CT molecular complexity index is 927. The number of aromatic nitrogens is 3. The van der Waals surface area contributed by atoms with Crippen LogP contribution in [-0.2, 0) is 0 Å². The molecule has 1 fully saturated rings. The third-order valence-electron chi connectivity index (χ3n) is 4.41. The third kappa shape index (κ3) is 3.33. The van der Waals surface area contributed by atoms with Crippen LogP contribution in [0.4, 0.5) is 4.39 Å². The summed E-state index contributed by atoms with van der Waals surface area (Å²) in [4.78, 5) is 26.7. The number of hydrogen-bond acceptors (Lipinski definition) is 5. The second kappa shape index (κ2) is 7.03. The van der Waals surface area contributed by atoms with Gasteiger partial charge < -0.3 is 9.64 Å². The molecule has 26 heavy (non-hydrogen) atoms. The summed E-state index contributed by atoms with van der Waals surface area (Å²) in [5.74, 6) is -0.630. The number of likely N-dealkylation sites (tertiary alicyclic amines) is 1. The number of piperidine rings is 1. The van der Waals surface area contributed by atoms with Crippen molar-refractivity contribution in [1.29, 1.82) is 0 Å². The molecule has 7 heteroatoms. The van der Waals surface area contributed by atoms with Gasteiger partial charge in [-0.25, -0.2) is 14.4 Å². The molecule has 1 aliphatic rings. The summed E-state index contributed by atoms with van der Waals surface area (Å²) in [6, 6.07) is 9.70. The second-order valence-electron chi connectivity index (χ2n) is 6.20. The Hall–Kier alpha value is -3.09. The molecule has 1 atom stereocenters. The molecule has 2 aromatic heterocycles. The van der Waals surface area contributed by atoms with Crippen LogP contribution in [0, 0.1) is 5.82 Å². The van der Waals surface area contributed by atoms with E-state index in [0.717, 1.165) is 36.0 Å². The zero-order valence-electron chi connectivity index (χ0n) is 14.0. The maximum absolute atomic E-state index is 13.0. The average molecular weight is 352 g/mol. The van der Waals surface area contributed by atoms with Crippen LogP contribution in [0.25, 0.3) is 10.8 Å². The quantitative estimate of drug-likeness (QED) is 0.725. The molecule has 1 unspecified atom stereocenters. The third-order valence-corrected chi connectivity index (χ3v) is 4.41. The van der Waals surface area contributed by atoms with Crippen molar-refractivity contribution in [2.24, 2.45) is 0 Å². The van der Waals surface area contributed by atoms with Gasteiger partial charge >= 0.3 is 6.01 Å². The van der Waals surface area contributed by atoms with E-state index in [9.17, 15) is 9.18 Å². The largest absolute Gasteiger partial charge is 0.458 e. The molecule has 1 saturated heterocycles. The summed E-state index contributed by atoms with van der Waals surface area (Å²) in [6.45, 7) is 1.07. The van der Waals surface area contributed by atoms with E-state index in [1.54, 1.807) is 11.1 Å². The molecule has 3 heterocycles. The molecule has 1 aliphatic heterocycles. The molecule has 0 spiro atoms. The summed E-state index contributed by atoms with van der Waals surface area (Å²) in [6.07, 6.45) is 5.14. The van der Waals surface area contributed by atoms with Gasteiger partial charge in [0.2, 0.25) is 0 Å². The number of nitrogens with zero attached hydrogens (tertiary/aromatic N) is 4. The Kier molecular flexibility index (Phi) is 4.43. The molecule has 132 valence electrons. The highest BCUT2D eigenvalue weighted by atomic mass is 19.1. The number of carbonyl (C=O) groups excluding carboxylic acids is 1. The van der Waals surface area contributed by atoms with Crippen molar-refractivity contribution in [2.75, 3.05) is 13.1 Å². The lowest BCUT2D eigenvalue weighted by molar-refractivity contribution is 0.0512. The Labute approximate surface area is 149 Å². The normalized spacial score (nSPS) is 17.3. The first-order valence-electron chi connectivity index (χ1n) is 8.48.